The van der Waals surface area contributed by atoms with Gasteiger partial charge in [0, 0.05) is 13.2 Å². The summed E-state index contributed by atoms with van der Waals surface area (Å²) in [6.45, 7) is 2.15. The van der Waals surface area contributed by atoms with E-state index in [4.69, 9.17) is 0 Å². The molecule has 3 unspecified atom stereocenters. The van der Waals surface area contributed by atoms with E-state index in [2.05, 4.69) is 29.5 Å². The second-order valence-corrected chi connectivity index (χ2v) is 7.46. The molecule has 26 heavy (non-hydrogen) atoms. The SMILES string of the molecule is CCCC1C2CCC1(NC(=O)c1cn(C)nc1C(F)F)c1ccccc12. The molecule has 138 valence electrons. The second-order valence-electron chi connectivity index (χ2n) is 7.46. The number of carbonyl (C=O) groups excluding carboxylic acids is 1. The Morgan fingerprint density at radius 3 is 2.92 bits per heavy atom. The first-order valence-electron chi connectivity index (χ1n) is 9.21. The average Bonchev–Trinajstić information content (AvgIpc) is 3.24. The third kappa shape index (κ3) is 2.38. The Kier molecular flexibility index (Phi) is 4.09. The molecule has 0 spiro atoms. The fraction of sp³-hybridized carbons (Fsp3) is 0.500. The summed E-state index contributed by atoms with van der Waals surface area (Å²) in [6.07, 6.45) is 2.53. The van der Waals surface area contributed by atoms with Crippen LogP contribution in [0.3, 0.4) is 0 Å². The van der Waals surface area contributed by atoms with Crippen molar-refractivity contribution in [2.75, 3.05) is 0 Å². The Labute approximate surface area is 151 Å². The topological polar surface area (TPSA) is 46.9 Å². The van der Waals surface area contributed by atoms with Gasteiger partial charge in [0.05, 0.1) is 11.1 Å². The molecule has 0 aliphatic heterocycles. The lowest BCUT2D eigenvalue weighted by atomic mass is 9.82. The van der Waals surface area contributed by atoms with Crippen molar-refractivity contribution in [3.05, 3.63) is 52.8 Å². The van der Waals surface area contributed by atoms with E-state index in [0.29, 0.717) is 11.8 Å². The van der Waals surface area contributed by atoms with Gasteiger partial charge in [-0.05, 0) is 42.2 Å². The van der Waals surface area contributed by atoms with Gasteiger partial charge in [-0.15, -0.1) is 0 Å². The molecule has 1 aromatic heterocycles. The minimum Gasteiger partial charge on any atom is -0.342 e. The number of fused-ring (bicyclic) bond motifs is 5. The molecule has 6 heteroatoms. The van der Waals surface area contributed by atoms with Crippen molar-refractivity contribution in [3.8, 4) is 0 Å². The molecule has 1 aromatic carbocycles. The maximum atomic E-state index is 13.3. The predicted molar refractivity (Wildman–Crippen MR) is 94.1 cm³/mol. The number of aromatic nitrogens is 2. The maximum Gasteiger partial charge on any atom is 0.282 e. The molecule has 1 heterocycles. The van der Waals surface area contributed by atoms with Gasteiger partial charge in [-0.2, -0.15) is 5.10 Å². The number of benzene rings is 1. The summed E-state index contributed by atoms with van der Waals surface area (Å²) in [5.74, 6) is 0.308. The Morgan fingerprint density at radius 2 is 2.19 bits per heavy atom. The van der Waals surface area contributed by atoms with Crippen LogP contribution in [0.1, 0.15) is 72.1 Å². The predicted octanol–water partition coefficient (Wildman–Crippen LogP) is 4.29. The first kappa shape index (κ1) is 17.2. The number of nitrogens with one attached hydrogen (secondary N) is 1. The van der Waals surface area contributed by atoms with Crippen molar-refractivity contribution in [1.82, 2.24) is 15.1 Å². The molecular formula is C20H23F2N3O. The monoisotopic (exact) mass is 359 g/mol. The van der Waals surface area contributed by atoms with Crippen LogP contribution in [0.2, 0.25) is 0 Å². The number of amides is 1. The minimum atomic E-state index is -2.77. The Hall–Kier alpha value is -2.24. The van der Waals surface area contributed by atoms with Gasteiger partial charge in [0.25, 0.3) is 12.3 Å². The largest absolute Gasteiger partial charge is 0.342 e. The summed E-state index contributed by atoms with van der Waals surface area (Å²) in [5, 5.41) is 6.94. The van der Waals surface area contributed by atoms with Gasteiger partial charge >= 0.3 is 0 Å². The van der Waals surface area contributed by atoms with E-state index in [1.807, 2.05) is 12.1 Å². The molecule has 4 nitrogen and oxygen atoms in total. The number of hydrogen-bond donors (Lipinski definition) is 1. The van der Waals surface area contributed by atoms with E-state index >= 15 is 0 Å². The van der Waals surface area contributed by atoms with Crippen LogP contribution in [0, 0.1) is 5.92 Å². The first-order valence-corrected chi connectivity index (χ1v) is 9.21. The molecule has 0 saturated heterocycles. The zero-order valence-electron chi connectivity index (χ0n) is 15.0. The van der Waals surface area contributed by atoms with Gasteiger partial charge in [0.15, 0.2) is 0 Å². The Morgan fingerprint density at radius 1 is 1.42 bits per heavy atom. The number of nitrogens with zero attached hydrogens (tertiary/aromatic N) is 2. The first-order chi connectivity index (χ1) is 12.5. The van der Waals surface area contributed by atoms with Crippen LogP contribution in [0.25, 0.3) is 0 Å². The summed E-state index contributed by atoms with van der Waals surface area (Å²) in [6, 6.07) is 8.25. The van der Waals surface area contributed by atoms with E-state index in [9.17, 15) is 13.6 Å². The van der Waals surface area contributed by atoms with Crippen molar-refractivity contribution < 1.29 is 13.6 Å². The van der Waals surface area contributed by atoms with Gasteiger partial charge in [0.1, 0.15) is 5.69 Å². The van der Waals surface area contributed by atoms with Crippen LogP contribution in [-0.2, 0) is 12.6 Å². The summed E-state index contributed by atoms with van der Waals surface area (Å²) in [4.78, 5) is 13.0. The van der Waals surface area contributed by atoms with Gasteiger partial charge in [-0.3, -0.25) is 9.48 Å². The van der Waals surface area contributed by atoms with Crippen LogP contribution in [0.15, 0.2) is 30.5 Å². The molecule has 0 radical (unpaired) electrons. The normalized spacial score (nSPS) is 26.3. The smallest absolute Gasteiger partial charge is 0.282 e. The van der Waals surface area contributed by atoms with E-state index < -0.39 is 23.6 Å². The zero-order valence-corrected chi connectivity index (χ0v) is 15.0. The van der Waals surface area contributed by atoms with Crippen LogP contribution >= 0.6 is 0 Å². The highest BCUT2D eigenvalue weighted by Crippen LogP contribution is 2.61. The maximum absolute atomic E-state index is 13.3. The Bertz CT molecular complexity index is 847. The summed E-state index contributed by atoms with van der Waals surface area (Å²) >= 11 is 0. The molecule has 1 amide bonds. The molecule has 2 aromatic rings. The number of aryl methyl sites for hydroxylation is 1. The van der Waals surface area contributed by atoms with E-state index in [-0.39, 0.29) is 5.56 Å². The summed E-state index contributed by atoms with van der Waals surface area (Å²) < 4.78 is 27.8. The quantitative estimate of drug-likeness (QED) is 0.866. The third-order valence-corrected chi connectivity index (χ3v) is 6.05. The van der Waals surface area contributed by atoms with Crippen LogP contribution in [0.4, 0.5) is 8.78 Å². The van der Waals surface area contributed by atoms with Crippen molar-refractivity contribution in [3.63, 3.8) is 0 Å². The number of hydrogen-bond acceptors (Lipinski definition) is 2. The Balaban J connectivity index is 1.73. The van der Waals surface area contributed by atoms with Gasteiger partial charge in [0.2, 0.25) is 0 Å². The van der Waals surface area contributed by atoms with E-state index in [1.54, 1.807) is 7.05 Å². The molecule has 1 saturated carbocycles. The lowest BCUT2D eigenvalue weighted by molar-refractivity contribution is 0.0856. The highest BCUT2D eigenvalue weighted by molar-refractivity contribution is 5.96. The summed E-state index contributed by atoms with van der Waals surface area (Å²) in [7, 11) is 1.55. The van der Waals surface area contributed by atoms with Crippen LogP contribution in [-0.4, -0.2) is 15.7 Å². The van der Waals surface area contributed by atoms with Crippen LogP contribution in [0.5, 0.6) is 0 Å². The highest BCUT2D eigenvalue weighted by Gasteiger charge is 2.57. The van der Waals surface area contributed by atoms with Crippen molar-refractivity contribution >= 4 is 5.91 Å². The van der Waals surface area contributed by atoms with Gasteiger partial charge < -0.3 is 5.32 Å². The third-order valence-electron chi connectivity index (χ3n) is 6.05. The summed E-state index contributed by atoms with van der Waals surface area (Å²) in [5.41, 5.74) is 1.53. The lowest BCUT2D eigenvalue weighted by Crippen LogP contribution is -2.47. The molecule has 3 atom stereocenters. The fourth-order valence-corrected chi connectivity index (χ4v) is 5.14. The zero-order chi connectivity index (χ0) is 18.5. The lowest BCUT2D eigenvalue weighted by Gasteiger charge is -2.34. The number of carbonyl (C=O) groups is 1. The van der Waals surface area contributed by atoms with Gasteiger partial charge in [-0.1, -0.05) is 37.6 Å². The second kappa shape index (κ2) is 6.18. The molecule has 2 bridgehead atoms. The molecule has 1 N–H and O–H groups in total. The average molecular weight is 359 g/mol. The molecule has 2 aliphatic carbocycles. The standard InChI is InChI=1S/C20H23F2N3O/c1-3-6-15-13-9-10-20(15,16-8-5-4-7-12(13)16)23-19(26)14-11-25(2)24-17(14)18(21)22/h4-5,7-8,11,13,15,18H,3,6,9-10H2,1-2H3,(H,23,26). The molecule has 4 rings (SSSR count). The number of alkyl halides is 2. The number of halogens is 2. The van der Waals surface area contributed by atoms with Crippen molar-refractivity contribution in [2.24, 2.45) is 13.0 Å². The van der Waals surface area contributed by atoms with Crippen molar-refractivity contribution in [1.29, 1.82) is 0 Å². The minimum absolute atomic E-state index is 0.0278. The van der Waals surface area contributed by atoms with E-state index in [0.717, 1.165) is 31.2 Å². The van der Waals surface area contributed by atoms with E-state index in [1.165, 1.54) is 16.4 Å². The molecule has 1 fully saturated rings. The molecule has 2 aliphatic rings. The fourth-order valence-electron chi connectivity index (χ4n) is 5.14. The van der Waals surface area contributed by atoms with Gasteiger partial charge in [-0.25, -0.2) is 8.78 Å². The van der Waals surface area contributed by atoms with Crippen LogP contribution < -0.4 is 5.32 Å². The van der Waals surface area contributed by atoms with Crippen molar-refractivity contribution in [2.45, 2.75) is 50.5 Å². The molecular weight excluding hydrogens is 336 g/mol. The highest BCUT2D eigenvalue weighted by atomic mass is 19.3. The number of rotatable bonds is 5.